The Morgan fingerprint density at radius 2 is 1.96 bits per heavy atom. The average Bonchev–Trinajstić information content (AvgIpc) is 2.64. The molecular weight excluding hydrogens is 338 g/mol. The third-order valence-corrected chi connectivity index (χ3v) is 3.74. The van der Waals surface area contributed by atoms with Crippen molar-refractivity contribution in [1.29, 1.82) is 0 Å². The lowest BCUT2D eigenvalue weighted by molar-refractivity contribution is -0.111. The highest BCUT2D eigenvalue weighted by Crippen LogP contribution is 2.12. The van der Waals surface area contributed by atoms with Gasteiger partial charge in [-0.3, -0.25) is 18.7 Å². The number of amides is 1. The first-order valence-corrected chi connectivity index (χ1v) is 8.05. The van der Waals surface area contributed by atoms with Gasteiger partial charge in [-0.2, -0.15) is 0 Å². The molecule has 0 atom stereocenters. The second kappa shape index (κ2) is 8.15. The smallest absolute Gasteiger partial charge is 0.332 e. The summed E-state index contributed by atoms with van der Waals surface area (Å²) in [6, 6.07) is 3.39. The highest BCUT2D eigenvalue weighted by Gasteiger charge is 2.16. The van der Waals surface area contributed by atoms with Crippen molar-refractivity contribution in [1.82, 2.24) is 14.1 Å². The Morgan fingerprint density at radius 1 is 1.27 bits per heavy atom. The number of nitrogens with zero attached hydrogens (tertiary/aromatic N) is 3. The number of hydrogen-bond acceptors (Lipinski definition) is 6. The summed E-state index contributed by atoms with van der Waals surface area (Å²) in [4.78, 5) is 40.8. The predicted octanol–water partition coefficient (Wildman–Crippen LogP) is 0.687. The van der Waals surface area contributed by atoms with Gasteiger partial charge in [-0.1, -0.05) is 0 Å². The van der Waals surface area contributed by atoms with Gasteiger partial charge in [0.05, 0.1) is 7.11 Å². The molecule has 0 aliphatic rings. The molecular formula is C17H21N5O4. The van der Waals surface area contributed by atoms with E-state index in [1.54, 1.807) is 26.0 Å². The van der Waals surface area contributed by atoms with Crippen molar-refractivity contribution >= 4 is 23.5 Å². The normalized spacial score (nSPS) is 10.9. The molecule has 26 heavy (non-hydrogen) atoms. The third-order valence-electron chi connectivity index (χ3n) is 3.74. The Bertz CT molecular complexity index is 941. The van der Waals surface area contributed by atoms with Gasteiger partial charge in [0.15, 0.2) is 0 Å². The van der Waals surface area contributed by atoms with Gasteiger partial charge < -0.3 is 15.8 Å². The number of nitrogen functional groups attached to an aromatic ring is 1. The van der Waals surface area contributed by atoms with Crippen LogP contribution >= 0.6 is 0 Å². The molecule has 138 valence electrons. The largest absolute Gasteiger partial charge is 0.481 e. The average molecular weight is 359 g/mol. The number of nitrogens with one attached hydrogen (secondary N) is 1. The van der Waals surface area contributed by atoms with Crippen molar-refractivity contribution < 1.29 is 9.53 Å². The van der Waals surface area contributed by atoms with Gasteiger partial charge in [0.25, 0.3) is 5.56 Å². The van der Waals surface area contributed by atoms with Crippen LogP contribution in [0, 0.1) is 0 Å². The highest BCUT2D eigenvalue weighted by atomic mass is 16.5. The van der Waals surface area contributed by atoms with E-state index in [2.05, 4.69) is 10.3 Å². The van der Waals surface area contributed by atoms with Gasteiger partial charge in [0, 0.05) is 31.4 Å². The number of pyridine rings is 1. The molecule has 0 unspecified atom stereocenters. The van der Waals surface area contributed by atoms with Crippen molar-refractivity contribution in [2.45, 2.75) is 26.9 Å². The standard InChI is InChI=1S/C17H21N5O4/c1-4-21-15(18)14(16(24)22(5-2)17(21)25)20-12(23)8-6-11-7-9-13(26-3)19-10-11/h6-10H,4-5,18H2,1-3H3,(H,20,23)/b8-6+. The number of ether oxygens (including phenoxy) is 1. The molecule has 0 aliphatic carbocycles. The van der Waals surface area contributed by atoms with E-state index in [1.165, 1.54) is 30.0 Å². The summed E-state index contributed by atoms with van der Waals surface area (Å²) in [6.45, 7) is 3.85. The molecule has 0 saturated heterocycles. The predicted molar refractivity (Wildman–Crippen MR) is 99.2 cm³/mol. The Kier molecular flexibility index (Phi) is 5.94. The molecule has 9 heteroatoms. The molecule has 0 saturated carbocycles. The van der Waals surface area contributed by atoms with Gasteiger partial charge in [0.1, 0.15) is 11.5 Å². The topological polar surface area (TPSA) is 121 Å². The van der Waals surface area contributed by atoms with Crippen LogP contribution in [0.3, 0.4) is 0 Å². The van der Waals surface area contributed by atoms with Gasteiger partial charge in [-0.05, 0) is 31.6 Å². The van der Waals surface area contributed by atoms with Crippen LogP contribution in [-0.2, 0) is 17.9 Å². The van der Waals surface area contributed by atoms with Crippen LogP contribution in [0.25, 0.3) is 6.08 Å². The van der Waals surface area contributed by atoms with E-state index < -0.39 is 17.2 Å². The van der Waals surface area contributed by atoms with Crippen LogP contribution < -0.4 is 27.0 Å². The number of carbonyl (C=O) groups is 1. The molecule has 2 aromatic rings. The minimum absolute atomic E-state index is 0.0694. The van der Waals surface area contributed by atoms with Gasteiger partial charge in [0.2, 0.25) is 11.8 Å². The van der Waals surface area contributed by atoms with Crippen molar-refractivity contribution in [2.24, 2.45) is 0 Å². The monoisotopic (exact) mass is 359 g/mol. The second-order valence-electron chi connectivity index (χ2n) is 5.29. The van der Waals surface area contributed by atoms with E-state index in [0.717, 1.165) is 4.57 Å². The van der Waals surface area contributed by atoms with Crippen LogP contribution in [0.4, 0.5) is 11.5 Å². The minimum atomic E-state index is -0.632. The first-order chi connectivity index (χ1) is 12.4. The lowest BCUT2D eigenvalue weighted by Gasteiger charge is -2.14. The molecule has 0 bridgehead atoms. The van der Waals surface area contributed by atoms with E-state index in [0.29, 0.717) is 11.4 Å². The van der Waals surface area contributed by atoms with Crippen molar-refractivity contribution in [2.75, 3.05) is 18.2 Å². The molecule has 2 heterocycles. The summed E-state index contributed by atoms with van der Waals surface area (Å²) in [6.07, 6.45) is 4.32. The number of aromatic nitrogens is 3. The Hall–Kier alpha value is -3.36. The number of anilines is 2. The number of methoxy groups -OCH3 is 1. The molecule has 0 spiro atoms. The van der Waals surface area contributed by atoms with E-state index >= 15 is 0 Å². The molecule has 2 rings (SSSR count). The first-order valence-electron chi connectivity index (χ1n) is 8.05. The molecule has 0 aliphatic heterocycles. The maximum atomic E-state index is 12.4. The Balaban J connectivity index is 2.29. The Morgan fingerprint density at radius 3 is 2.50 bits per heavy atom. The molecule has 3 N–H and O–H groups in total. The zero-order valence-corrected chi connectivity index (χ0v) is 14.9. The fourth-order valence-electron chi connectivity index (χ4n) is 2.36. The maximum Gasteiger partial charge on any atom is 0.332 e. The summed E-state index contributed by atoms with van der Waals surface area (Å²) >= 11 is 0. The van der Waals surface area contributed by atoms with Crippen LogP contribution in [0.1, 0.15) is 19.4 Å². The fraction of sp³-hybridized carbons (Fsp3) is 0.294. The highest BCUT2D eigenvalue weighted by molar-refractivity contribution is 6.03. The summed E-state index contributed by atoms with van der Waals surface area (Å²) in [5, 5.41) is 2.46. The van der Waals surface area contributed by atoms with Gasteiger partial charge in [-0.25, -0.2) is 9.78 Å². The van der Waals surface area contributed by atoms with Crippen LogP contribution in [0.2, 0.25) is 0 Å². The van der Waals surface area contributed by atoms with Crippen LogP contribution in [0.5, 0.6) is 5.88 Å². The molecule has 0 fully saturated rings. The lowest BCUT2D eigenvalue weighted by atomic mass is 10.2. The Labute approximate surface area is 149 Å². The van der Waals surface area contributed by atoms with E-state index in [9.17, 15) is 14.4 Å². The first kappa shape index (κ1) is 19.0. The summed E-state index contributed by atoms with van der Waals surface area (Å²) in [5.41, 5.74) is 5.32. The molecule has 2 aromatic heterocycles. The van der Waals surface area contributed by atoms with Crippen LogP contribution in [0.15, 0.2) is 34.0 Å². The van der Waals surface area contributed by atoms with E-state index in [4.69, 9.17) is 10.5 Å². The lowest BCUT2D eigenvalue weighted by Crippen LogP contribution is -2.42. The summed E-state index contributed by atoms with van der Waals surface area (Å²) < 4.78 is 7.21. The third kappa shape index (κ3) is 3.82. The molecule has 0 radical (unpaired) electrons. The van der Waals surface area contributed by atoms with Crippen molar-refractivity contribution in [3.05, 3.63) is 50.8 Å². The van der Waals surface area contributed by atoms with Crippen molar-refractivity contribution in [3.8, 4) is 5.88 Å². The molecule has 9 nitrogen and oxygen atoms in total. The number of hydrogen-bond donors (Lipinski definition) is 2. The van der Waals surface area contributed by atoms with Gasteiger partial charge >= 0.3 is 5.69 Å². The zero-order valence-electron chi connectivity index (χ0n) is 14.9. The number of carbonyl (C=O) groups excluding carboxylic acids is 1. The van der Waals surface area contributed by atoms with E-state index in [-0.39, 0.29) is 24.6 Å². The minimum Gasteiger partial charge on any atom is -0.481 e. The van der Waals surface area contributed by atoms with E-state index in [1.807, 2.05) is 0 Å². The maximum absolute atomic E-state index is 12.4. The molecule has 1 amide bonds. The summed E-state index contributed by atoms with van der Waals surface area (Å²) in [7, 11) is 1.51. The summed E-state index contributed by atoms with van der Waals surface area (Å²) in [5.74, 6) is -0.157. The quantitative estimate of drug-likeness (QED) is 0.732. The number of rotatable bonds is 6. The number of nitrogens with two attached hydrogens (primary N) is 1. The molecule has 0 aromatic carbocycles. The van der Waals surface area contributed by atoms with Crippen LogP contribution in [-0.4, -0.2) is 27.1 Å². The van der Waals surface area contributed by atoms with Crippen molar-refractivity contribution in [3.63, 3.8) is 0 Å². The SMILES string of the molecule is CCn1c(N)c(NC(=O)/C=C/c2ccc(OC)nc2)c(=O)n(CC)c1=O. The fourth-order valence-corrected chi connectivity index (χ4v) is 2.36. The zero-order chi connectivity index (χ0) is 19.3. The van der Waals surface area contributed by atoms with Gasteiger partial charge in [-0.15, -0.1) is 0 Å². The second-order valence-corrected chi connectivity index (χ2v) is 5.29.